The predicted molar refractivity (Wildman–Crippen MR) is 59.5 cm³/mol. The van der Waals surface area contributed by atoms with Crippen LogP contribution in [0.3, 0.4) is 0 Å². The molecule has 2 atom stereocenters. The van der Waals surface area contributed by atoms with Crippen LogP contribution in [0.1, 0.15) is 19.8 Å². The number of likely N-dealkylation sites (N-methyl/N-ethyl adjacent to an activating group) is 1. The van der Waals surface area contributed by atoms with Crippen molar-refractivity contribution in [3.8, 4) is 0 Å². The molecule has 0 aliphatic heterocycles. The van der Waals surface area contributed by atoms with Gasteiger partial charge in [-0.25, -0.2) is 5.06 Å². The van der Waals surface area contributed by atoms with Crippen LogP contribution in [0.4, 0.5) is 0 Å². The lowest BCUT2D eigenvalue weighted by Crippen LogP contribution is -2.42. The number of carbonyl (C=O) groups excluding carboxylic acids is 1. The largest absolute Gasteiger partial charge is 0.343 e. The van der Waals surface area contributed by atoms with Gasteiger partial charge in [0.15, 0.2) is 0 Å². The lowest BCUT2D eigenvalue weighted by atomic mass is 10.4. The maximum Gasteiger partial charge on any atom is 0.259 e. The first-order valence-electron chi connectivity index (χ1n) is 5.24. The van der Waals surface area contributed by atoms with Crippen molar-refractivity contribution in [3.05, 3.63) is 0 Å². The van der Waals surface area contributed by atoms with Gasteiger partial charge in [0.1, 0.15) is 0 Å². The van der Waals surface area contributed by atoms with E-state index < -0.39 is 19.1 Å². The van der Waals surface area contributed by atoms with Crippen molar-refractivity contribution in [2.45, 2.75) is 31.6 Å². The van der Waals surface area contributed by atoms with Crippen molar-refractivity contribution in [2.75, 3.05) is 20.3 Å². The van der Waals surface area contributed by atoms with E-state index in [1.54, 1.807) is 11.8 Å². The molecule has 2 unspecified atom stereocenters. The molecule has 0 aromatic rings. The van der Waals surface area contributed by atoms with E-state index in [9.17, 15) is 14.3 Å². The van der Waals surface area contributed by atoms with Crippen LogP contribution in [-0.2, 0) is 9.36 Å². The Morgan fingerprint density at radius 3 is 2.38 bits per heavy atom. The molecule has 0 spiro atoms. The highest BCUT2D eigenvalue weighted by Gasteiger charge is 2.38. The Morgan fingerprint density at radius 2 is 2.06 bits per heavy atom. The highest BCUT2D eigenvalue weighted by molar-refractivity contribution is 7.57. The number of amides is 1. The zero-order valence-electron chi connectivity index (χ0n) is 9.83. The summed E-state index contributed by atoms with van der Waals surface area (Å²) in [5.41, 5.74) is 0. The molecular weight excluding hydrogens is 231 g/mol. The van der Waals surface area contributed by atoms with Gasteiger partial charge in [-0.2, -0.15) is 0 Å². The molecule has 7 heteroatoms. The molecule has 1 fully saturated rings. The molecule has 6 nitrogen and oxygen atoms in total. The number of rotatable bonds is 5. The lowest BCUT2D eigenvalue weighted by Gasteiger charge is -2.30. The summed E-state index contributed by atoms with van der Waals surface area (Å²) < 4.78 is 11.6. The number of nitrogens with zero attached hydrogens (tertiary/aromatic N) is 2. The summed E-state index contributed by atoms with van der Waals surface area (Å²) >= 11 is 0. The molecule has 16 heavy (non-hydrogen) atoms. The fourth-order valence-electron chi connectivity index (χ4n) is 1.51. The van der Waals surface area contributed by atoms with E-state index in [2.05, 4.69) is 0 Å². The molecule has 0 saturated heterocycles. The number of hydroxylamine groups is 2. The third-order valence-electron chi connectivity index (χ3n) is 2.87. The maximum absolute atomic E-state index is 11.6. The van der Waals surface area contributed by atoms with Crippen molar-refractivity contribution in [1.82, 2.24) is 9.96 Å². The molecule has 0 radical (unpaired) electrons. The van der Waals surface area contributed by atoms with Crippen molar-refractivity contribution < 1.29 is 19.5 Å². The number of carbonyl (C=O) groups is 1. The van der Waals surface area contributed by atoms with Gasteiger partial charge in [-0.05, 0) is 19.8 Å². The molecule has 1 aliphatic rings. The van der Waals surface area contributed by atoms with E-state index in [0.29, 0.717) is 5.06 Å². The van der Waals surface area contributed by atoms with Crippen molar-refractivity contribution in [1.29, 1.82) is 0 Å². The number of hydrogen-bond donors (Lipinski definition) is 2. The highest BCUT2D eigenvalue weighted by Crippen LogP contribution is 2.46. The van der Waals surface area contributed by atoms with Gasteiger partial charge in [0, 0.05) is 19.8 Å². The fourth-order valence-corrected chi connectivity index (χ4v) is 2.33. The molecule has 1 rings (SSSR count). The first-order valence-corrected chi connectivity index (χ1v) is 7.42. The topological polar surface area (TPSA) is 81.1 Å². The molecular formula is C9H19N2O4P. The summed E-state index contributed by atoms with van der Waals surface area (Å²) in [4.78, 5) is 22.6. The van der Waals surface area contributed by atoms with Crippen LogP contribution >= 0.6 is 7.37 Å². The molecule has 1 saturated carbocycles. The molecule has 1 aliphatic carbocycles. The van der Waals surface area contributed by atoms with E-state index in [-0.39, 0.29) is 12.6 Å². The first kappa shape index (κ1) is 13.6. The van der Waals surface area contributed by atoms with Crippen LogP contribution in [0.15, 0.2) is 0 Å². The van der Waals surface area contributed by atoms with Crippen LogP contribution in [0.5, 0.6) is 0 Å². The Kier molecular flexibility index (Phi) is 4.12. The normalized spacial score (nSPS) is 21.6. The van der Waals surface area contributed by atoms with Crippen LogP contribution in [0.2, 0.25) is 0 Å². The third kappa shape index (κ3) is 3.56. The summed E-state index contributed by atoms with van der Waals surface area (Å²) in [5, 5.41) is 9.50. The van der Waals surface area contributed by atoms with Crippen LogP contribution in [0, 0.1) is 0 Å². The Morgan fingerprint density at radius 1 is 1.56 bits per heavy atom. The molecule has 0 aromatic heterocycles. The van der Waals surface area contributed by atoms with E-state index in [0.717, 1.165) is 12.8 Å². The minimum Gasteiger partial charge on any atom is -0.343 e. The van der Waals surface area contributed by atoms with Gasteiger partial charge >= 0.3 is 0 Å². The van der Waals surface area contributed by atoms with Gasteiger partial charge in [-0.3, -0.25) is 19.5 Å². The SMILES string of the molecule is CC(N(CC(=O)N(C)O)C1CC1)P(C)(=O)O. The summed E-state index contributed by atoms with van der Waals surface area (Å²) in [7, 11) is -1.99. The first-order chi connectivity index (χ1) is 7.23. The number of hydrogen-bond acceptors (Lipinski definition) is 4. The van der Waals surface area contributed by atoms with Crippen molar-refractivity contribution in [2.24, 2.45) is 0 Å². The second-order valence-corrected chi connectivity index (χ2v) is 7.03. The van der Waals surface area contributed by atoms with Gasteiger partial charge in [0.05, 0.1) is 12.3 Å². The maximum atomic E-state index is 11.6. The molecule has 0 bridgehead atoms. The Balaban J connectivity index is 2.68. The standard InChI is InChI=1S/C9H19N2O4P/c1-7(16(3,14)15)11(8-4-5-8)6-9(12)10(2)13/h7-8,13H,4-6H2,1-3H3,(H,14,15). The minimum absolute atomic E-state index is 0.0166. The van der Waals surface area contributed by atoms with Crippen LogP contribution in [0.25, 0.3) is 0 Å². The second kappa shape index (κ2) is 4.84. The molecule has 94 valence electrons. The van der Waals surface area contributed by atoms with Crippen LogP contribution < -0.4 is 0 Å². The van der Waals surface area contributed by atoms with E-state index in [1.807, 2.05) is 0 Å². The van der Waals surface area contributed by atoms with Gasteiger partial charge < -0.3 is 4.89 Å². The Bertz CT molecular complexity index is 311. The quantitative estimate of drug-likeness (QED) is 0.423. The average molecular weight is 250 g/mol. The minimum atomic E-state index is -3.24. The summed E-state index contributed by atoms with van der Waals surface area (Å²) in [6.07, 6.45) is 1.87. The van der Waals surface area contributed by atoms with Gasteiger partial charge in [-0.1, -0.05) is 0 Å². The van der Waals surface area contributed by atoms with E-state index in [1.165, 1.54) is 13.7 Å². The molecule has 0 heterocycles. The average Bonchev–Trinajstić information content (AvgIpc) is 2.94. The highest BCUT2D eigenvalue weighted by atomic mass is 31.2. The van der Waals surface area contributed by atoms with Crippen LogP contribution in [-0.4, -0.2) is 58.1 Å². The van der Waals surface area contributed by atoms with Gasteiger partial charge in [0.2, 0.25) is 7.37 Å². The fraction of sp³-hybridized carbons (Fsp3) is 0.889. The van der Waals surface area contributed by atoms with E-state index in [4.69, 9.17) is 5.21 Å². The molecule has 1 amide bonds. The smallest absolute Gasteiger partial charge is 0.259 e. The zero-order valence-corrected chi connectivity index (χ0v) is 10.7. The summed E-state index contributed by atoms with van der Waals surface area (Å²) in [6.45, 7) is 2.92. The van der Waals surface area contributed by atoms with Crippen molar-refractivity contribution >= 4 is 13.3 Å². The Hall–Kier alpha value is -0.420. The monoisotopic (exact) mass is 250 g/mol. The van der Waals surface area contributed by atoms with E-state index >= 15 is 0 Å². The lowest BCUT2D eigenvalue weighted by molar-refractivity contribution is -0.160. The van der Waals surface area contributed by atoms with Gasteiger partial charge in [0.25, 0.3) is 5.91 Å². The second-order valence-electron chi connectivity index (χ2n) is 4.40. The summed E-state index contributed by atoms with van der Waals surface area (Å²) in [5.74, 6) is -1.02. The predicted octanol–water partition coefficient (Wildman–Crippen LogP) is 0.545. The summed E-state index contributed by atoms with van der Waals surface area (Å²) in [6, 6.07) is 0.194. The zero-order chi connectivity index (χ0) is 12.5. The molecule has 2 N–H and O–H groups in total. The van der Waals surface area contributed by atoms with Crippen molar-refractivity contribution in [3.63, 3.8) is 0 Å². The molecule has 0 aromatic carbocycles. The van der Waals surface area contributed by atoms with Gasteiger partial charge in [-0.15, -0.1) is 0 Å². The Labute approximate surface area is 95.3 Å². The third-order valence-corrected chi connectivity index (χ3v) is 4.55.